The molecule has 1 aliphatic rings. The van der Waals surface area contributed by atoms with Crippen molar-refractivity contribution < 1.29 is 14.3 Å². The van der Waals surface area contributed by atoms with E-state index in [2.05, 4.69) is 11.1 Å². The smallest absolute Gasteiger partial charge is 0.169 e. The molecule has 0 unspecified atom stereocenters. The first-order valence-electron chi connectivity index (χ1n) is 10.7. The lowest BCUT2D eigenvalue weighted by Gasteiger charge is -2.22. The molecule has 0 fully saturated rings. The second-order valence-corrected chi connectivity index (χ2v) is 7.75. The number of fused-ring (bicyclic) bond motifs is 1. The monoisotopic (exact) mass is 432 g/mol. The molecule has 0 saturated heterocycles. The number of nitrogens with zero attached hydrogens (tertiary/aromatic N) is 2. The molecule has 0 N–H and O–H groups in total. The first kappa shape index (κ1) is 20.5. The Balaban J connectivity index is 1.54. The summed E-state index contributed by atoms with van der Waals surface area (Å²) in [6.07, 6.45) is 1.72. The number of hydrogen-bond acceptors (Lipinski definition) is 5. The topological polar surface area (TPSA) is 72.2 Å². The zero-order chi connectivity index (χ0) is 22.6. The van der Waals surface area contributed by atoms with Crippen LogP contribution >= 0.6 is 0 Å². The van der Waals surface area contributed by atoms with E-state index in [1.165, 1.54) is 0 Å². The molecule has 2 heterocycles. The molecular weight excluding hydrogens is 412 g/mol. The maximum atomic E-state index is 12.1. The molecule has 4 aromatic rings. The number of Topliss-reactive ketones (excluding diaryl/α,β-unsaturated/α-hetero) is 1. The minimum Gasteiger partial charge on any atom is -0.492 e. The number of hydrogen-bond donors (Lipinski definition) is 0. The number of rotatable bonds is 5. The molecule has 160 valence electrons. The average Bonchev–Trinajstić information content (AvgIpc) is 2.88. The molecule has 0 amide bonds. The highest BCUT2D eigenvalue weighted by Crippen LogP contribution is 2.34. The quantitative estimate of drug-likeness (QED) is 0.401. The van der Waals surface area contributed by atoms with E-state index in [9.17, 15) is 10.1 Å². The SMILES string of the molecule is N#Cc1ccc([C@@H](Oc2ccc3c(c2)OCCC3=O)c2ccnc(-c3ccccc3)c2)cc1. The molecular formula is C28H20N2O3. The van der Waals surface area contributed by atoms with Gasteiger partial charge in [-0.3, -0.25) is 9.78 Å². The van der Waals surface area contributed by atoms with Gasteiger partial charge in [-0.1, -0.05) is 42.5 Å². The summed E-state index contributed by atoms with van der Waals surface area (Å²) in [6.45, 7) is 0.374. The highest BCUT2D eigenvalue weighted by atomic mass is 16.5. The van der Waals surface area contributed by atoms with Crippen molar-refractivity contribution >= 4 is 5.78 Å². The minimum absolute atomic E-state index is 0.0769. The van der Waals surface area contributed by atoms with Gasteiger partial charge in [0, 0.05) is 29.8 Å². The van der Waals surface area contributed by atoms with E-state index in [0.717, 1.165) is 22.4 Å². The van der Waals surface area contributed by atoms with Crippen LogP contribution in [-0.4, -0.2) is 17.4 Å². The van der Waals surface area contributed by atoms with Gasteiger partial charge >= 0.3 is 0 Å². The molecule has 5 nitrogen and oxygen atoms in total. The van der Waals surface area contributed by atoms with Gasteiger partial charge in [-0.2, -0.15) is 5.26 Å². The molecule has 1 atom stereocenters. The van der Waals surface area contributed by atoms with Crippen LogP contribution in [-0.2, 0) is 0 Å². The first-order valence-corrected chi connectivity index (χ1v) is 10.7. The summed E-state index contributed by atoms with van der Waals surface area (Å²) < 4.78 is 12.1. The Hall–Kier alpha value is -4.43. The summed E-state index contributed by atoms with van der Waals surface area (Å²) in [6, 6.07) is 28.7. The van der Waals surface area contributed by atoms with Gasteiger partial charge in [-0.15, -0.1) is 0 Å². The normalized spacial score (nSPS) is 13.4. The lowest BCUT2D eigenvalue weighted by molar-refractivity contribution is 0.0933. The van der Waals surface area contributed by atoms with Crippen LogP contribution in [0.5, 0.6) is 11.5 Å². The Bertz CT molecular complexity index is 1340. The fourth-order valence-electron chi connectivity index (χ4n) is 3.89. The third kappa shape index (κ3) is 4.32. The highest BCUT2D eigenvalue weighted by Gasteiger charge is 2.22. The van der Waals surface area contributed by atoms with Gasteiger partial charge < -0.3 is 9.47 Å². The Morgan fingerprint density at radius 3 is 2.55 bits per heavy atom. The molecule has 5 heteroatoms. The fourth-order valence-corrected chi connectivity index (χ4v) is 3.89. The predicted octanol–water partition coefficient (Wildman–Crippen LogP) is 5.75. The third-order valence-corrected chi connectivity index (χ3v) is 5.59. The number of pyridine rings is 1. The molecule has 5 rings (SSSR count). The van der Waals surface area contributed by atoms with Crippen LogP contribution in [0.15, 0.2) is 91.1 Å². The van der Waals surface area contributed by atoms with Crippen molar-refractivity contribution in [1.29, 1.82) is 5.26 Å². The Morgan fingerprint density at radius 2 is 1.76 bits per heavy atom. The van der Waals surface area contributed by atoms with Crippen LogP contribution in [0, 0.1) is 11.3 Å². The summed E-state index contributed by atoms with van der Waals surface area (Å²) in [5, 5.41) is 9.18. The summed E-state index contributed by atoms with van der Waals surface area (Å²) in [5.74, 6) is 1.21. The molecule has 0 aliphatic carbocycles. The molecule has 0 spiro atoms. The molecule has 0 saturated carbocycles. The van der Waals surface area contributed by atoms with Gasteiger partial charge in [0.25, 0.3) is 0 Å². The zero-order valence-corrected chi connectivity index (χ0v) is 17.8. The Kier molecular flexibility index (Phi) is 5.57. The first-order chi connectivity index (χ1) is 16.2. The van der Waals surface area contributed by atoms with Crippen LogP contribution in [0.25, 0.3) is 11.3 Å². The number of carbonyl (C=O) groups excluding carboxylic acids is 1. The number of aromatic nitrogens is 1. The van der Waals surface area contributed by atoms with Crippen molar-refractivity contribution in [2.24, 2.45) is 0 Å². The highest BCUT2D eigenvalue weighted by molar-refractivity contribution is 5.99. The van der Waals surface area contributed by atoms with Crippen LogP contribution in [0.3, 0.4) is 0 Å². The van der Waals surface area contributed by atoms with Crippen molar-refractivity contribution in [3.63, 3.8) is 0 Å². The van der Waals surface area contributed by atoms with E-state index in [0.29, 0.717) is 35.7 Å². The number of carbonyl (C=O) groups is 1. The number of nitriles is 1. The van der Waals surface area contributed by atoms with Gasteiger partial charge in [-0.25, -0.2) is 0 Å². The van der Waals surface area contributed by atoms with Gasteiger partial charge in [0.2, 0.25) is 0 Å². The van der Waals surface area contributed by atoms with Crippen molar-refractivity contribution in [3.05, 3.63) is 113 Å². The van der Waals surface area contributed by atoms with E-state index < -0.39 is 6.10 Å². The zero-order valence-electron chi connectivity index (χ0n) is 17.8. The minimum atomic E-state index is -0.444. The lowest BCUT2D eigenvalue weighted by Crippen LogP contribution is -2.16. The van der Waals surface area contributed by atoms with E-state index in [1.807, 2.05) is 54.6 Å². The molecule has 0 bridgehead atoms. The number of benzene rings is 3. The van der Waals surface area contributed by atoms with Gasteiger partial charge in [0.05, 0.1) is 29.5 Å². The van der Waals surface area contributed by atoms with Gasteiger partial charge in [0.1, 0.15) is 17.6 Å². The summed E-state index contributed by atoms with van der Waals surface area (Å²) >= 11 is 0. The summed E-state index contributed by atoms with van der Waals surface area (Å²) in [7, 11) is 0. The molecule has 0 radical (unpaired) electrons. The van der Waals surface area contributed by atoms with Crippen LogP contribution in [0.1, 0.15) is 39.6 Å². The Morgan fingerprint density at radius 1 is 0.939 bits per heavy atom. The largest absolute Gasteiger partial charge is 0.492 e. The van der Waals surface area contributed by atoms with Crippen molar-refractivity contribution in [2.45, 2.75) is 12.5 Å². The third-order valence-electron chi connectivity index (χ3n) is 5.59. The van der Waals surface area contributed by atoms with Gasteiger partial charge in [-0.05, 0) is 42.0 Å². The van der Waals surface area contributed by atoms with E-state index in [-0.39, 0.29) is 5.78 Å². The fraction of sp³-hybridized carbons (Fsp3) is 0.107. The van der Waals surface area contributed by atoms with Crippen LogP contribution in [0.4, 0.5) is 0 Å². The molecule has 1 aliphatic heterocycles. The molecule has 3 aromatic carbocycles. The summed E-state index contributed by atoms with van der Waals surface area (Å²) in [4.78, 5) is 16.7. The number of ketones is 1. The average molecular weight is 432 g/mol. The van der Waals surface area contributed by atoms with Crippen molar-refractivity contribution in [2.75, 3.05) is 6.61 Å². The predicted molar refractivity (Wildman–Crippen MR) is 124 cm³/mol. The molecule has 33 heavy (non-hydrogen) atoms. The van der Waals surface area contributed by atoms with E-state index in [4.69, 9.17) is 9.47 Å². The van der Waals surface area contributed by atoms with E-state index in [1.54, 1.807) is 36.5 Å². The van der Waals surface area contributed by atoms with Crippen LogP contribution < -0.4 is 9.47 Å². The second-order valence-electron chi connectivity index (χ2n) is 7.75. The van der Waals surface area contributed by atoms with Gasteiger partial charge in [0.15, 0.2) is 5.78 Å². The number of ether oxygens (including phenoxy) is 2. The maximum Gasteiger partial charge on any atom is 0.169 e. The summed E-state index contributed by atoms with van der Waals surface area (Å²) in [5.41, 5.74) is 4.84. The van der Waals surface area contributed by atoms with Crippen molar-refractivity contribution in [3.8, 4) is 28.8 Å². The van der Waals surface area contributed by atoms with Crippen LogP contribution in [0.2, 0.25) is 0 Å². The van der Waals surface area contributed by atoms with E-state index >= 15 is 0 Å². The standard InChI is InChI=1S/C28H20N2O3/c29-18-19-6-8-21(9-7-19)28(22-12-14-30-25(16-22)20-4-2-1-3-5-20)33-23-10-11-24-26(31)13-15-32-27(24)17-23/h1-12,14,16-17,28H,13,15H2/t28-/m1/s1. The molecule has 1 aromatic heterocycles. The second kappa shape index (κ2) is 8.97. The Labute approximate surface area is 191 Å². The lowest BCUT2D eigenvalue weighted by atomic mass is 9.99. The van der Waals surface area contributed by atoms with Crippen molar-refractivity contribution in [1.82, 2.24) is 4.98 Å². The maximum absolute atomic E-state index is 12.1.